The Labute approximate surface area is 107 Å². The molecule has 0 aromatic rings. The molecule has 7 heteroatoms. The van der Waals surface area contributed by atoms with Crippen molar-refractivity contribution in [1.82, 2.24) is 4.90 Å². The third kappa shape index (κ3) is 3.97. The molecule has 0 radical (unpaired) electrons. The van der Waals surface area contributed by atoms with Gasteiger partial charge >= 0.3 is 5.97 Å². The predicted molar refractivity (Wildman–Crippen MR) is 65.9 cm³/mol. The van der Waals surface area contributed by atoms with Crippen molar-refractivity contribution in [3.8, 4) is 0 Å². The van der Waals surface area contributed by atoms with Crippen LogP contribution in [0.2, 0.25) is 0 Å². The first-order valence-corrected chi connectivity index (χ1v) is 7.79. The van der Waals surface area contributed by atoms with Crippen molar-refractivity contribution >= 4 is 21.7 Å². The van der Waals surface area contributed by atoms with E-state index in [0.717, 1.165) is 17.7 Å². The summed E-state index contributed by atoms with van der Waals surface area (Å²) in [6, 6.07) is 0. The lowest BCUT2D eigenvalue weighted by Crippen LogP contribution is -2.40. The third-order valence-corrected chi connectivity index (χ3v) is 5.33. The first-order valence-electron chi connectivity index (χ1n) is 6.08. The molecule has 104 valence electrons. The summed E-state index contributed by atoms with van der Waals surface area (Å²) in [6.07, 6.45) is 2.98. The Kier molecular flexibility index (Phi) is 5.13. The van der Waals surface area contributed by atoms with Crippen LogP contribution in [0.25, 0.3) is 0 Å². The first kappa shape index (κ1) is 14.9. The second-order valence-electron chi connectivity index (χ2n) is 4.52. The molecule has 6 nitrogen and oxygen atoms in total. The van der Waals surface area contributed by atoms with Gasteiger partial charge in [0.15, 0.2) is 9.84 Å². The summed E-state index contributed by atoms with van der Waals surface area (Å²) in [5.74, 6) is -2.33. The second-order valence-corrected chi connectivity index (χ2v) is 6.80. The molecule has 1 aliphatic carbocycles. The summed E-state index contributed by atoms with van der Waals surface area (Å²) in [7, 11) is -3.43. The van der Waals surface area contributed by atoms with Crippen molar-refractivity contribution in [1.29, 1.82) is 0 Å². The molecule has 0 unspecified atom stereocenters. The molecule has 0 heterocycles. The fourth-order valence-corrected chi connectivity index (χ4v) is 3.98. The molecule has 0 aromatic carbocycles. The highest BCUT2D eigenvalue weighted by Crippen LogP contribution is 2.25. The van der Waals surface area contributed by atoms with Crippen LogP contribution in [0.3, 0.4) is 0 Å². The van der Waals surface area contributed by atoms with E-state index in [2.05, 4.69) is 0 Å². The van der Waals surface area contributed by atoms with Gasteiger partial charge in [-0.05, 0) is 19.8 Å². The van der Waals surface area contributed by atoms with Gasteiger partial charge in [-0.1, -0.05) is 12.8 Å². The average Bonchev–Trinajstić information content (AvgIpc) is 2.78. The van der Waals surface area contributed by atoms with Crippen molar-refractivity contribution in [3.05, 3.63) is 0 Å². The van der Waals surface area contributed by atoms with Crippen molar-refractivity contribution in [2.24, 2.45) is 0 Å². The van der Waals surface area contributed by atoms with Gasteiger partial charge in [-0.3, -0.25) is 9.59 Å². The van der Waals surface area contributed by atoms with Gasteiger partial charge < -0.3 is 10.0 Å². The molecule has 0 saturated heterocycles. The molecule has 18 heavy (non-hydrogen) atoms. The van der Waals surface area contributed by atoms with Crippen LogP contribution < -0.4 is 0 Å². The van der Waals surface area contributed by atoms with Crippen LogP contribution in [0.1, 0.15) is 32.6 Å². The van der Waals surface area contributed by atoms with E-state index >= 15 is 0 Å². The fourth-order valence-electron chi connectivity index (χ4n) is 2.17. The fraction of sp³-hybridized carbons (Fsp3) is 0.818. The van der Waals surface area contributed by atoms with Crippen molar-refractivity contribution in [3.63, 3.8) is 0 Å². The molecule has 1 rings (SSSR count). The van der Waals surface area contributed by atoms with E-state index < -0.39 is 39.3 Å². The van der Waals surface area contributed by atoms with Crippen LogP contribution in [-0.2, 0) is 19.4 Å². The van der Waals surface area contributed by atoms with E-state index in [1.54, 1.807) is 6.92 Å². The lowest BCUT2D eigenvalue weighted by Gasteiger charge is -2.19. The maximum absolute atomic E-state index is 12.0. The highest BCUT2D eigenvalue weighted by atomic mass is 32.2. The van der Waals surface area contributed by atoms with Gasteiger partial charge in [-0.15, -0.1) is 0 Å². The number of hydrogen-bond acceptors (Lipinski definition) is 4. The van der Waals surface area contributed by atoms with Gasteiger partial charge in [-0.2, -0.15) is 0 Å². The molecular weight excluding hydrogens is 258 g/mol. The number of amides is 1. The summed E-state index contributed by atoms with van der Waals surface area (Å²) in [5.41, 5.74) is 0. The normalized spacial score (nSPS) is 16.7. The minimum Gasteiger partial charge on any atom is -0.480 e. The van der Waals surface area contributed by atoms with Gasteiger partial charge in [0.2, 0.25) is 5.91 Å². The average molecular weight is 277 g/mol. The number of carbonyl (C=O) groups excluding carboxylic acids is 1. The lowest BCUT2D eigenvalue weighted by molar-refractivity contribution is -0.143. The minimum absolute atomic E-state index is 0.200. The molecule has 1 aliphatic rings. The Bertz CT molecular complexity index is 411. The minimum atomic E-state index is -3.43. The van der Waals surface area contributed by atoms with Crippen LogP contribution in [-0.4, -0.2) is 54.4 Å². The SMILES string of the molecule is CCN(CC(=O)O)C(=O)CS(=O)(=O)C1CCCC1. The zero-order chi connectivity index (χ0) is 13.8. The van der Waals surface area contributed by atoms with Crippen molar-refractivity contribution in [2.45, 2.75) is 37.9 Å². The van der Waals surface area contributed by atoms with Crippen LogP contribution in [0.5, 0.6) is 0 Å². The Balaban J connectivity index is 2.64. The molecule has 1 N–H and O–H groups in total. The van der Waals surface area contributed by atoms with Crippen molar-refractivity contribution < 1.29 is 23.1 Å². The number of aliphatic carboxylic acids is 1. The van der Waals surface area contributed by atoms with Crippen LogP contribution >= 0.6 is 0 Å². The smallest absolute Gasteiger partial charge is 0.323 e. The molecular formula is C11H19NO5S. The molecule has 1 amide bonds. The molecule has 0 atom stereocenters. The summed E-state index contributed by atoms with van der Waals surface area (Å²) in [6.45, 7) is 1.38. The monoisotopic (exact) mass is 277 g/mol. The van der Waals surface area contributed by atoms with Crippen molar-refractivity contribution in [2.75, 3.05) is 18.8 Å². The molecule has 0 bridgehead atoms. The molecule has 1 fully saturated rings. The molecule has 0 spiro atoms. The first-order chi connectivity index (χ1) is 8.36. The lowest BCUT2D eigenvalue weighted by atomic mass is 10.4. The van der Waals surface area contributed by atoms with Gasteiger partial charge in [0.1, 0.15) is 12.3 Å². The van der Waals surface area contributed by atoms with Gasteiger partial charge in [-0.25, -0.2) is 8.42 Å². The van der Waals surface area contributed by atoms with E-state index in [1.165, 1.54) is 0 Å². The predicted octanol–water partition coefficient (Wildman–Crippen LogP) is 0.277. The Morgan fingerprint density at radius 1 is 1.28 bits per heavy atom. The Hall–Kier alpha value is -1.11. The third-order valence-electron chi connectivity index (χ3n) is 3.20. The summed E-state index contributed by atoms with van der Waals surface area (Å²) < 4.78 is 23.9. The summed E-state index contributed by atoms with van der Waals surface area (Å²) >= 11 is 0. The topological polar surface area (TPSA) is 91.8 Å². The number of carboxylic acid groups (broad SMARTS) is 1. The van der Waals surface area contributed by atoms with E-state index in [0.29, 0.717) is 12.8 Å². The van der Waals surface area contributed by atoms with E-state index in [1.807, 2.05) is 0 Å². The van der Waals surface area contributed by atoms with Crippen LogP contribution in [0.4, 0.5) is 0 Å². The second kappa shape index (κ2) is 6.17. The zero-order valence-corrected chi connectivity index (χ0v) is 11.3. The maximum atomic E-state index is 12.0. The Morgan fingerprint density at radius 3 is 2.28 bits per heavy atom. The van der Waals surface area contributed by atoms with E-state index in [4.69, 9.17) is 5.11 Å². The Morgan fingerprint density at radius 2 is 1.83 bits per heavy atom. The number of likely N-dealkylation sites (N-methyl/N-ethyl adjacent to an activating group) is 1. The van der Waals surface area contributed by atoms with Crippen LogP contribution in [0, 0.1) is 0 Å². The maximum Gasteiger partial charge on any atom is 0.323 e. The van der Waals surface area contributed by atoms with E-state index in [9.17, 15) is 18.0 Å². The number of hydrogen-bond donors (Lipinski definition) is 1. The standard InChI is InChI=1S/C11H19NO5S/c1-2-12(7-11(14)15)10(13)8-18(16,17)9-5-3-4-6-9/h9H,2-8H2,1H3,(H,14,15). The summed E-state index contributed by atoms with van der Waals surface area (Å²) in [5, 5.41) is 8.20. The highest BCUT2D eigenvalue weighted by Gasteiger charge is 2.32. The van der Waals surface area contributed by atoms with Gasteiger partial charge in [0.05, 0.1) is 5.25 Å². The van der Waals surface area contributed by atoms with Gasteiger partial charge in [0.25, 0.3) is 0 Å². The van der Waals surface area contributed by atoms with Crippen LogP contribution in [0.15, 0.2) is 0 Å². The number of carbonyl (C=O) groups is 2. The number of carboxylic acids is 1. The highest BCUT2D eigenvalue weighted by molar-refractivity contribution is 7.92. The zero-order valence-electron chi connectivity index (χ0n) is 10.5. The number of sulfone groups is 1. The number of nitrogens with zero attached hydrogens (tertiary/aromatic N) is 1. The molecule has 0 aromatic heterocycles. The summed E-state index contributed by atoms with van der Waals surface area (Å²) in [4.78, 5) is 23.4. The quantitative estimate of drug-likeness (QED) is 0.752. The molecule has 1 saturated carbocycles. The van der Waals surface area contributed by atoms with E-state index in [-0.39, 0.29) is 6.54 Å². The van der Waals surface area contributed by atoms with Gasteiger partial charge in [0, 0.05) is 6.54 Å². The number of rotatable bonds is 6. The molecule has 0 aliphatic heterocycles. The largest absolute Gasteiger partial charge is 0.480 e.